The second-order valence-corrected chi connectivity index (χ2v) is 7.07. The molecule has 0 bridgehead atoms. The first-order valence-electron chi connectivity index (χ1n) is 8.97. The summed E-state index contributed by atoms with van der Waals surface area (Å²) in [6, 6.07) is 13.3. The molecule has 0 saturated carbocycles. The Balaban J connectivity index is 1.86. The Labute approximate surface area is 180 Å². The van der Waals surface area contributed by atoms with Crippen molar-refractivity contribution < 1.29 is 18.0 Å². The zero-order chi connectivity index (χ0) is 22.3. The number of halogens is 3. The van der Waals surface area contributed by atoms with Gasteiger partial charge in [0, 0.05) is 0 Å². The molecule has 0 aliphatic carbocycles. The number of benzene rings is 2. The van der Waals surface area contributed by atoms with Crippen molar-refractivity contribution in [2.24, 2.45) is 5.10 Å². The topological polar surface area (TPSA) is 76.3 Å². The van der Waals surface area contributed by atoms with Gasteiger partial charge in [0.15, 0.2) is 0 Å². The van der Waals surface area contributed by atoms with Crippen LogP contribution in [0.25, 0.3) is 0 Å². The molecule has 0 spiro atoms. The molecular weight excluding hydrogens is 429 g/mol. The van der Waals surface area contributed by atoms with E-state index in [-0.39, 0.29) is 11.4 Å². The van der Waals surface area contributed by atoms with Gasteiger partial charge in [-0.2, -0.15) is 18.3 Å². The number of allylic oxidation sites excluding steroid dienone is 1. The van der Waals surface area contributed by atoms with Crippen LogP contribution < -0.4 is 5.01 Å². The summed E-state index contributed by atoms with van der Waals surface area (Å²) in [7, 11) is 0. The van der Waals surface area contributed by atoms with Gasteiger partial charge in [0.2, 0.25) is 5.16 Å². The van der Waals surface area contributed by atoms with E-state index in [4.69, 9.17) is 0 Å². The summed E-state index contributed by atoms with van der Waals surface area (Å²) in [5.74, 6) is -0.676. The fourth-order valence-electron chi connectivity index (χ4n) is 2.48. The van der Waals surface area contributed by atoms with Crippen molar-refractivity contribution in [3.63, 3.8) is 0 Å². The summed E-state index contributed by atoms with van der Waals surface area (Å²) in [5.41, 5.74) is -0.187. The van der Waals surface area contributed by atoms with E-state index in [9.17, 15) is 18.0 Å². The van der Waals surface area contributed by atoms with E-state index in [2.05, 4.69) is 27.2 Å². The summed E-state index contributed by atoms with van der Waals surface area (Å²) < 4.78 is 40.9. The van der Waals surface area contributed by atoms with Crippen LogP contribution >= 0.6 is 11.8 Å². The maximum atomic E-state index is 13.2. The van der Waals surface area contributed by atoms with Gasteiger partial charge in [-0.25, -0.2) is 9.69 Å². The highest BCUT2D eigenvalue weighted by Gasteiger charge is 2.31. The lowest BCUT2D eigenvalue weighted by atomic mass is 10.2. The number of anilines is 1. The van der Waals surface area contributed by atoms with Crippen molar-refractivity contribution in [1.29, 1.82) is 0 Å². The molecule has 11 heteroatoms. The number of tetrazole rings is 1. The summed E-state index contributed by atoms with van der Waals surface area (Å²) >= 11 is 1.05. The van der Waals surface area contributed by atoms with Crippen LogP contribution in [0.15, 0.2) is 77.5 Å². The van der Waals surface area contributed by atoms with E-state index < -0.39 is 17.6 Å². The molecule has 7 nitrogen and oxygen atoms in total. The minimum atomic E-state index is -4.55. The first-order valence-corrected chi connectivity index (χ1v) is 9.96. The quantitative estimate of drug-likeness (QED) is 0.226. The van der Waals surface area contributed by atoms with Crippen molar-refractivity contribution in [3.8, 4) is 0 Å². The van der Waals surface area contributed by atoms with Gasteiger partial charge in [-0.05, 0) is 34.2 Å². The highest BCUT2D eigenvalue weighted by Crippen LogP contribution is 2.32. The molecule has 160 valence electrons. The fourth-order valence-corrected chi connectivity index (χ4v) is 3.21. The van der Waals surface area contributed by atoms with Gasteiger partial charge in [-0.15, -0.1) is 11.7 Å². The van der Waals surface area contributed by atoms with E-state index in [0.29, 0.717) is 17.3 Å². The number of hydrogen-bond acceptors (Lipinski definition) is 6. The zero-order valence-corrected chi connectivity index (χ0v) is 16.9. The van der Waals surface area contributed by atoms with Crippen LogP contribution in [-0.4, -0.2) is 38.1 Å². The van der Waals surface area contributed by atoms with Crippen LogP contribution in [-0.2, 0) is 17.5 Å². The lowest BCUT2D eigenvalue weighted by Crippen LogP contribution is -2.28. The SMILES string of the molecule is C=CCn1nnnc1SCC(=O)N(/N=C/c1ccccc1)c1cccc(C(F)(F)F)c1. The van der Waals surface area contributed by atoms with Crippen molar-refractivity contribution >= 4 is 29.6 Å². The maximum absolute atomic E-state index is 13.2. The number of aromatic nitrogens is 4. The van der Waals surface area contributed by atoms with E-state index >= 15 is 0 Å². The van der Waals surface area contributed by atoms with Crippen molar-refractivity contribution in [3.05, 3.63) is 78.4 Å². The largest absolute Gasteiger partial charge is 0.416 e. The fraction of sp³-hybridized carbons (Fsp3) is 0.150. The van der Waals surface area contributed by atoms with Gasteiger partial charge in [0.1, 0.15) is 0 Å². The number of amides is 1. The number of hydrazone groups is 1. The van der Waals surface area contributed by atoms with Gasteiger partial charge in [0.25, 0.3) is 5.91 Å². The molecule has 3 rings (SSSR count). The number of hydrogen-bond donors (Lipinski definition) is 0. The number of alkyl halides is 3. The molecule has 0 N–H and O–H groups in total. The molecular formula is C20H17F3N6OS. The molecule has 0 radical (unpaired) electrons. The molecule has 0 fully saturated rings. The van der Waals surface area contributed by atoms with Crippen LogP contribution in [0.1, 0.15) is 11.1 Å². The second-order valence-electron chi connectivity index (χ2n) is 6.13. The van der Waals surface area contributed by atoms with Gasteiger partial charge in [-0.3, -0.25) is 4.79 Å². The molecule has 3 aromatic rings. The standard InChI is InChI=1S/C20H17F3N6OS/c1-2-11-28-19(25-26-27-28)31-14-18(30)29(24-13-15-7-4-3-5-8-15)17-10-6-9-16(12-17)20(21,22)23/h2-10,12-13H,1,11,14H2/b24-13+. The van der Waals surface area contributed by atoms with E-state index in [0.717, 1.165) is 28.9 Å². The minimum absolute atomic E-state index is 0.00158. The summed E-state index contributed by atoms with van der Waals surface area (Å²) in [4.78, 5) is 12.9. The van der Waals surface area contributed by atoms with Crippen LogP contribution in [0.5, 0.6) is 0 Å². The van der Waals surface area contributed by atoms with Gasteiger partial charge < -0.3 is 0 Å². The lowest BCUT2D eigenvalue weighted by molar-refractivity contribution is -0.137. The maximum Gasteiger partial charge on any atom is 0.416 e. The summed E-state index contributed by atoms with van der Waals surface area (Å²) in [6.45, 7) is 3.96. The third kappa shape index (κ3) is 6.01. The Kier molecular flexibility index (Phi) is 7.19. The number of nitrogens with zero attached hydrogens (tertiary/aromatic N) is 6. The predicted octanol–water partition coefficient (Wildman–Crippen LogP) is 4.04. The normalized spacial score (nSPS) is 11.6. The van der Waals surface area contributed by atoms with Crippen molar-refractivity contribution in [2.45, 2.75) is 17.9 Å². The first kappa shape index (κ1) is 22.2. The van der Waals surface area contributed by atoms with Crippen molar-refractivity contribution in [2.75, 3.05) is 10.8 Å². The molecule has 1 aromatic heterocycles. The Morgan fingerprint density at radius 2 is 1.97 bits per heavy atom. The number of carbonyl (C=O) groups is 1. The Bertz CT molecular complexity index is 1070. The number of carbonyl (C=O) groups excluding carboxylic acids is 1. The average Bonchev–Trinajstić information content (AvgIpc) is 3.20. The molecule has 0 saturated heterocycles. The second kappa shape index (κ2) is 10.0. The molecule has 1 amide bonds. The van der Waals surface area contributed by atoms with Crippen LogP contribution in [0.2, 0.25) is 0 Å². The van der Waals surface area contributed by atoms with Crippen molar-refractivity contribution in [1.82, 2.24) is 20.2 Å². The lowest BCUT2D eigenvalue weighted by Gasteiger charge is -2.18. The van der Waals surface area contributed by atoms with Gasteiger partial charge in [0.05, 0.1) is 29.8 Å². The Hall–Kier alpha value is -3.47. The molecule has 31 heavy (non-hydrogen) atoms. The van der Waals surface area contributed by atoms with Gasteiger partial charge in [-0.1, -0.05) is 54.2 Å². The monoisotopic (exact) mass is 446 g/mol. The molecule has 0 atom stereocenters. The van der Waals surface area contributed by atoms with Crippen LogP contribution in [0, 0.1) is 0 Å². The van der Waals surface area contributed by atoms with E-state index in [1.54, 1.807) is 30.3 Å². The van der Waals surface area contributed by atoms with Crippen LogP contribution in [0.3, 0.4) is 0 Å². The summed E-state index contributed by atoms with van der Waals surface area (Å²) in [5, 5.41) is 16.6. The third-order valence-corrected chi connectivity index (χ3v) is 4.84. The Morgan fingerprint density at radius 3 is 2.68 bits per heavy atom. The highest BCUT2D eigenvalue weighted by atomic mass is 32.2. The zero-order valence-electron chi connectivity index (χ0n) is 16.1. The van der Waals surface area contributed by atoms with Crippen LogP contribution in [0.4, 0.5) is 18.9 Å². The highest BCUT2D eigenvalue weighted by molar-refractivity contribution is 7.99. The molecule has 0 unspecified atom stereocenters. The van der Waals surface area contributed by atoms with E-state index in [1.165, 1.54) is 23.0 Å². The Morgan fingerprint density at radius 1 is 1.19 bits per heavy atom. The smallest absolute Gasteiger partial charge is 0.272 e. The average molecular weight is 446 g/mol. The predicted molar refractivity (Wildman–Crippen MR) is 112 cm³/mol. The third-order valence-electron chi connectivity index (χ3n) is 3.90. The minimum Gasteiger partial charge on any atom is -0.272 e. The first-order chi connectivity index (χ1) is 14.9. The molecule has 0 aliphatic heterocycles. The number of thioether (sulfide) groups is 1. The summed E-state index contributed by atoms with van der Waals surface area (Å²) in [6.07, 6.45) is -1.54. The molecule has 1 heterocycles. The van der Waals surface area contributed by atoms with E-state index in [1.807, 2.05) is 6.07 Å². The molecule has 0 aliphatic rings. The molecule has 2 aromatic carbocycles. The van der Waals surface area contributed by atoms with Gasteiger partial charge >= 0.3 is 6.18 Å². The number of rotatable bonds is 8.